The van der Waals surface area contributed by atoms with E-state index in [9.17, 15) is 5.11 Å². The van der Waals surface area contributed by atoms with Crippen molar-refractivity contribution in [1.82, 2.24) is 0 Å². The molecule has 1 aliphatic rings. The Balaban J connectivity index is 2.16. The van der Waals surface area contributed by atoms with Gasteiger partial charge in [-0.05, 0) is 11.6 Å². The predicted molar refractivity (Wildman–Crippen MR) is 63.4 cm³/mol. The van der Waals surface area contributed by atoms with Gasteiger partial charge in [0, 0.05) is 5.57 Å². The number of allylic oxidation sites excluding steroid dienone is 6. The molecule has 0 aromatic heterocycles. The fourth-order valence-corrected chi connectivity index (χ4v) is 1.38. The number of benzene rings is 1. The average molecular weight is 196 g/mol. The zero-order valence-corrected chi connectivity index (χ0v) is 8.30. The van der Waals surface area contributed by atoms with Gasteiger partial charge in [0.25, 0.3) is 0 Å². The van der Waals surface area contributed by atoms with Crippen LogP contribution < -0.4 is 0 Å². The summed E-state index contributed by atoms with van der Waals surface area (Å²) in [6.45, 7) is 0. The van der Waals surface area contributed by atoms with Crippen LogP contribution in [0.3, 0.4) is 0 Å². The van der Waals surface area contributed by atoms with Crippen LogP contribution >= 0.6 is 0 Å². The van der Waals surface area contributed by atoms with Crippen LogP contribution in [0.1, 0.15) is 5.56 Å². The fourth-order valence-electron chi connectivity index (χ4n) is 1.38. The summed E-state index contributed by atoms with van der Waals surface area (Å²) < 4.78 is 0. The maximum absolute atomic E-state index is 9.70. The third-order valence-electron chi connectivity index (χ3n) is 2.19. The van der Waals surface area contributed by atoms with Crippen LogP contribution in [0.25, 0.3) is 6.08 Å². The Bertz CT molecular complexity index is 433. The Morgan fingerprint density at radius 2 is 1.67 bits per heavy atom. The number of hydrogen-bond acceptors (Lipinski definition) is 1. The van der Waals surface area contributed by atoms with Gasteiger partial charge >= 0.3 is 0 Å². The quantitative estimate of drug-likeness (QED) is 0.716. The summed E-state index contributed by atoms with van der Waals surface area (Å²) in [5.41, 5.74) is 1.93. The van der Waals surface area contributed by atoms with Crippen LogP contribution in [0.4, 0.5) is 0 Å². The maximum atomic E-state index is 9.70. The molecule has 0 atom stereocenters. The van der Waals surface area contributed by atoms with Gasteiger partial charge in [0.1, 0.15) is 5.76 Å². The molecule has 0 saturated carbocycles. The fraction of sp³-hybridized carbons (Fsp3) is 0. The first-order valence-electron chi connectivity index (χ1n) is 4.87. The second kappa shape index (κ2) is 4.47. The van der Waals surface area contributed by atoms with Gasteiger partial charge in [-0.3, -0.25) is 0 Å². The molecule has 1 N–H and O–H groups in total. The lowest BCUT2D eigenvalue weighted by atomic mass is 10.2. The van der Waals surface area contributed by atoms with Crippen molar-refractivity contribution in [2.24, 2.45) is 0 Å². The van der Waals surface area contributed by atoms with Gasteiger partial charge < -0.3 is 5.11 Å². The molecule has 74 valence electrons. The minimum Gasteiger partial charge on any atom is -0.507 e. The zero-order chi connectivity index (χ0) is 10.5. The monoisotopic (exact) mass is 196 g/mol. The first-order chi connectivity index (χ1) is 7.36. The lowest BCUT2D eigenvalue weighted by Crippen LogP contribution is -1.79. The van der Waals surface area contributed by atoms with Gasteiger partial charge in [0.2, 0.25) is 0 Å². The van der Waals surface area contributed by atoms with Gasteiger partial charge in [-0.1, -0.05) is 60.7 Å². The lowest BCUT2D eigenvalue weighted by molar-refractivity contribution is 0.430. The van der Waals surface area contributed by atoms with Crippen LogP contribution in [-0.4, -0.2) is 5.11 Å². The van der Waals surface area contributed by atoms with E-state index < -0.39 is 0 Å². The SMILES string of the molecule is OC(/C=C/c1ccccc1)=C1C=CC=C1. The van der Waals surface area contributed by atoms with Crippen LogP contribution in [-0.2, 0) is 0 Å². The zero-order valence-electron chi connectivity index (χ0n) is 8.30. The highest BCUT2D eigenvalue weighted by molar-refractivity contribution is 5.54. The van der Waals surface area contributed by atoms with Gasteiger partial charge in [-0.25, -0.2) is 0 Å². The van der Waals surface area contributed by atoms with Crippen molar-refractivity contribution >= 4 is 6.08 Å². The molecule has 0 fully saturated rings. The summed E-state index contributed by atoms with van der Waals surface area (Å²) in [4.78, 5) is 0. The smallest absolute Gasteiger partial charge is 0.122 e. The molecule has 0 spiro atoms. The highest BCUT2D eigenvalue weighted by atomic mass is 16.3. The molecule has 1 aromatic rings. The molecular formula is C14H12O. The third kappa shape index (κ3) is 2.47. The van der Waals surface area contributed by atoms with E-state index in [4.69, 9.17) is 0 Å². The van der Waals surface area contributed by atoms with Crippen molar-refractivity contribution in [2.75, 3.05) is 0 Å². The van der Waals surface area contributed by atoms with E-state index in [1.54, 1.807) is 6.08 Å². The normalized spacial score (nSPS) is 14.0. The van der Waals surface area contributed by atoms with E-state index in [0.29, 0.717) is 5.76 Å². The van der Waals surface area contributed by atoms with E-state index in [1.807, 2.05) is 60.7 Å². The summed E-state index contributed by atoms with van der Waals surface area (Å²) in [5, 5.41) is 9.70. The molecule has 0 bridgehead atoms. The van der Waals surface area contributed by atoms with Crippen molar-refractivity contribution in [3.63, 3.8) is 0 Å². The number of rotatable bonds is 2. The molecule has 2 rings (SSSR count). The van der Waals surface area contributed by atoms with E-state index in [2.05, 4.69) is 0 Å². The number of aliphatic hydroxyl groups excluding tert-OH is 1. The summed E-state index contributed by atoms with van der Waals surface area (Å²) in [6.07, 6.45) is 11.2. The summed E-state index contributed by atoms with van der Waals surface area (Å²) in [7, 11) is 0. The summed E-state index contributed by atoms with van der Waals surface area (Å²) >= 11 is 0. The molecule has 1 heteroatoms. The van der Waals surface area contributed by atoms with E-state index in [0.717, 1.165) is 11.1 Å². The Morgan fingerprint density at radius 3 is 2.33 bits per heavy atom. The highest BCUT2D eigenvalue weighted by Gasteiger charge is 1.97. The Hall–Kier alpha value is -2.02. The topological polar surface area (TPSA) is 20.2 Å². The lowest BCUT2D eigenvalue weighted by Gasteiger charge is -1.95. The molecule has 0 unspecified atom stereocenters. The highest BCUT2D eigenvalue weighted by Crippen LogP contribution is 2.13. The van der Waals surface area contributed by atoms with Crippen LogP contribution in [0.5, 0.6) is 0 Å². The van der Waals surface area contributed by atoms with Gasteiger partial charge in [0.15, 0.2) is 0 Å². The molecule has 0 aliphatic heterocycles. The third-order valence-corrected chi connectivity index (χ3v) is 2.19. The van der Waals surface area contributed by atoms with E-state index >= 15 is 0 Å². The van der Waals surface area contributed by atoms with E-state index in [1.165, 1.54) is 0 Å². The van der Waals surface area contributed by atoms with Crippen LogP contribution in [0, 0.1) is 0 Å². The first-order valence-corrected chi connectivity index (χ1v) is 4.87. The van der Waals surface area contributed by atoms with Crippen LogP contribution in [0.2, 0.25) is 0 Å². The Morgan fingerprint density at radius 1 is 1.00 bits per heavy atom. The minimum absolute atomic E-state index is 0.295. The van der Waals surface area contributed by atoms with Gasteiger partial charge in [-0.15, -0.1) is 0 Å². The summed E-state index contributed by atoms with van der Waals surface area (Å²) in [6, 6.07) is 9.90. The number of hydrogen-bond donors (Lipinski definition) is 1. The van der Waals surface area contributed by atoms with Crippen LogP contribution in [0.15, 0.2) is 72.0 Å². The standard InChI is InChI=1S/C14H12O/c15-14(13-8-4-5-9-13)11-10-12-6-2-1-3-7-12/h1-11,15H/b11-10+. The van der Waals surface area contributed by atoms with Crippen molar-refractivity contribution < 1.29 is 5.11 Å². The molecule has 0 amide bonds. The molecule has 0 heterocycles. The maximum Gasteiger partial charge on any atom is 0.122 e. The largest absolute Gasteiger partial charge is 0.507 e. The second-order valence-corrected chi connectivity index (χ2v) is 3.30. The Kier molecular flexibility index (Phi) is 2.84. The molecular weight excluding hydrogens is 184 g/mol. The van der Waals surface area contributed by atoms with E-state index in [-0.39, 0.29) is 0 Å². The first kappa shape index (κ1) is 9.53. The molecule has 0 radical (unpaired) electrons. The van der Waals surface area contributed by atoms with Gasteiger partial charge in [-0.2, -0.15) is 0 Å². The molecule has 0 saturated heterocycles. The minimum atomic E-state index is 0.295. The molecule has 1 aliphatic carbocycles. The van der Waals surface area contributed by atoms with Crippen molar-refractivity contribution in [3.8, 4) is 0 Å². The predicted octanol–water partition coefficient (Wildman–Crippen LogP) is 3.64. The molecule has 1 aromatic carbocycles. The van der Waals surface area contributed by atoms with Crippen molar-refractivity contribution in [3.05, 3.63) is 77.6 Å². The second-order valence-electron chi connectivity index (χ2n) is 3.30. The van der Waals surface area contributed by atoms with Crippen molar-refractivity contribution in [2.45, 2.75) is 0 Å². The van der Waals surface area contributed by atoms with Crippen molar-refractivity contribution in [1.29, 1.82) is 0 Å². The summed E-state index contributed by atoms with van der Waals surface area (Å²) in [5.74, 6) is 0.295. The van der Waals surface area contributed by atoms with Gasteiger partial charge in [0.05, 0.1) is 0 Å². The molecule has 1 nitrogen and oxygen atoms in total. The Labute approximate surface area is 89.4 Å². The average Bonchev–Trinajstić information content (AvgIpc) is 2.81. The number of aliphatic hydroxyl groups is 1. The molecule has 15 heavy (non-hydrogen) atoms.